The smallest absolute Gasteiger partial charge is 0.154 e. The molecule has 1 aromatic heterocycles. The third kappa shape index (κ3) is 3.55. The van der Waals surface area contributed by atoms with Gasteiger partial charge < -0.3 is 0 Å². The number of rotatable bonds is 6. The summed E-state index contributed by atoms with van der Waals surface area (Å²) in [4.78, 5) is 0. The summed E-state index contributed by atoms with van der Waals surface area (Å²) < 4.78 is 24.6. The Labute approximate surface area is 115 Å². The average Bonchev–Trinajstić information content (AvgIpc) is 2.72. The van der Waals surface area contributed by atoms with E-state index in [4.69, 9.17) is 5.84 Å². The second kappa shape index (κ2) is 5.60. The van der Waals surface area contributed by atoms with Gasteiger partial charge in [0.05, 0.1) is 10.4 Å². The summed E-state index contributed by atoms with van der Waals surface area (Å²) in [6.45, 7) is 7.42. The Morgan fingerprint density at radius 3 is 2.42 bits per heavy atom. The molecular weight excluding hydrogens is 264 g/mol. The fourth-order valence-electron chi connectivity index (χ4n) is 1.75. The molecule has 110 valence electrons. The molecule has 19 heavy (non-hydrogen) atoms. The predicted octanol–water partition coefficient (Wildman–Crippen LogP) is 0.662. The van der Waals surface area contributed by atoms with Crippen molar-refractivity contribution in [3.63, 3.8) is 0 Å². The van der Waals surface area contributed by atoms with Crippen LogP contribution in [-0.4, -0.2) is 35.2 Å². The molecule has 1 rings (SSSR count). The summed E-state index contributed by atoms with van der Waals surface area (Å²) in [5.74, 6) is 5.52. The molecule has 0 spiro atoms. The second-order valence-corrected chi connectivity index (χ2v) is 8.28. The third-order valence-electron chi connectivity index (χ3n) is 3.60. The van der Waals surface area contributed by atoms with Crippen LogP contribution in [-0.2, 0) is 16.3 Å². The lowest BCUT2D eigenvalue weighted by molar-refractivity contribution is 0.407. The van der Waals surface area contributed by atoms with Crippen LogP contribution < -0.4 is 11.3 Å². The molecule has 0 aromatic carbocycles. The van der Waals surface area contributed by atoms with Crippen molar-refractivity contribution >= 4 is 9.84 Å². The molecule has 0 amide bonds. The number of nitrogens with zero attached hydrogens (tertiary/aromatic N) is 2. The molecule has 0 fully saturated rings. The molecule has 0 aliphatic rings. The Hall–Kier alpha value is -0.920. The second-order valence-electron chi connectivity index (χ2n) is 5.68. The van der Waals surface area contributed by atoms with Crippen LogP contribution in [0.3, 0.4) is 0 Å². The van der Waals surface area contributed by atoms with E-state index < -0.39 is 20.6 Å². The zero-order valence-corrected chi connectivity index (χ0v) is 13.0. The maximum Gasteiger partial charge on any atom is 0.154 e. The van der Waals surface area contributed by atoms with Gasteiger partial charge in [0, 0.05) is 31.0 Å². The van der Waals surface area contributed by atoms with Crippen LogP contribution in [0.15, 0.2) is 12.3 Å². The fourth-order valence-corrected chi connectivity index (χ4v) is 2.42. The average molecular weight is 288 g/mol. The van der Waals surface area contributed by atoms with Crippen molar-refractivity contribution in [2.24, 2.45) is 5.84 Å². The van der Waals surface area contributed by atoms with E-state index in [9.17, 15) is 8.42 Å². The summed E-state index contributed by atoms with van der Waals surface area (Å²) in [6, 6.07) is 1.78. The molecule has 6 nitrogen and oxygen atoms in total. The first-order chi connectivity index (χ1) is 8.59. The highest BCUT2D eigenvalue weighted by Gasteiger charge is 2.38. The van der Waals surface area contributed by atoms with Crippen molar-refractivity contribution in [3.8, 4) is 0 Å². The molecule has 0 aliphatic carbocycles. The fraction of sp³-hybridized carbons (Fsp3) is 0.750. The van der Waals surface area contributed by atoms with Crippen LogP contribution in [0.4, 0.5) is 0 Å². The molecule has 1 aromatic rings. The Kier molecular flexibility index (Phi) is 4.76. The van der Waals surface area contributed by atoms with E-state index >= 15 is 0 Å². The summed E-state index contributed by atoms with van der Waals surface area (Å²) >= 11 is 0. The largest absolute Gasteiger partial charge is 0.271 e. The zero-order valence-electron chi connectivity index (χ0n) is 12.2. The van der Waals surface area contributed by atoms with Gasteiger partial charge in [0.25, 0.3) is 0 Å². The lowest BCUT2D eigenvalue weighted by Crippen LogP contribution is -2.55. The van der Waals surface area contributed by atoms with Crippen molar-refractivity contribution in [1.82, 2.24) is 15.2 Å². The minimum atomic E-state index is -3.22. The molecular formula is C12H24N4O2S. The van der Waals surface area contributed by atoms with Gasteiger partial charge in [-0.25, -0.2) is 8.42 Å². The Bertz CT molecular complexity index is 520. The number of hydrogen-bond donors (Lipinski definition) is 2. The van der Waals surface area contributed by atoms with Gasteiger partial charge >= 0.3 is 0 Å². The Morgan fingerprint density at radius 1 is 1.47 bits per heavy atom. The van der Waals surface area contributed by atoms with Crippen LogP contribution >= 0.6 is 0 Å². The van der Waals surface area contributed by atoms with Crippen LogP contribution in [0.1, 0.15) is 39.4 Å². The minimum absolute atomic E-state index is 0.279. The SMILES string of the molecule is CC(C)n1ccc(CC(NN)C(C)(C)S(C)(=O)=O)n1. The van der Waals surface area contributed by atoms with E-state index in [2.05, 4.69) is 10.5 Å². The zero-order chi connectivity index (χ0) is 14.8. The van der Waals surface area contributed by atoms with Crippen molar-refractivity contribution in [2.45, 2.75) is 50.9 Å². The molecule has 0 radical (unpaired) electrons. The molecule has 0 aliphatic heterocycles. The predicted molar refractivity (Wildman–Crippen MR) is 76.3 cm³/mol. The van der Waals surface area contributed by atoms with Crippen LogP contribution in [0.25, 0.3) is 0 Å². The molecule has 0 bridgehead atoms. The van der Waals surface area contributed by atoms with Gasteiger partial charge in [0.15, 0.2) is 9.84 Å². The number of hydrogen-bond acceptors (Lipinski definition) is 5. The van der Waals surface area contributed by atoms with Crippen molar-refractivity contribution in [1.29, 1.82) is 0 Å². The highest BCUT2D eigenvalue weighted by molar-refractivity contribution is 7.92. The molecule has 0 saturated carbocycles. The first kappa shape index (κ1) is 16.1. The van der Waals surface area contributed by atoms with Crippen molar-refractivity contribution in [3.05, 3.63) is 18.0 Å². The lowest BCUT2D eigenvalue weighted by Gasteiger charge is -2.31. The first-order valence-electron chi connectivity index (χ1n) is 6.29. The summed E-state index contributed by atoms with van der Waals surface area (Å²) in [5, 5.41) is 4.42. The quantitative estimate of drug-likeness (QED) is 0.593. The molecule has 1 unspecified atom stereocenters. The minimum Gasteiger partial charge on any atom is -0.271 e. The van der Waals surface area contributed by atoms with Gasteiger partial charge in [-0.15, -0.1) is 0 Å². The van der Waals surface area contributed by atoms with Crippen molar-refractivity contribution in [2.75, 3.05) is 6.26 Å². The maximum absolute atomic E-state index is 11.8. The monoisotopic (exact) mass is 288 g/mol. The molecule has 1 atom stereocenters. The maximum atomic E-state index is 11.8. The Balaban J connectivity index is 2.94. The summed E-state index contributed by atoms with van der Waals surface area (Å²) in [6.07, 6.45) is 3.58. The van der Waals surface area contributed by atoms with Gasteiger partial charge in [0.2, 0.25) is 0 Å². The molecule has 1 heterocycles. The highest BCUT2D eigenvalue weighted by Crippen LogP contribution is 2.22. The first-order valence-corrected chi connectivity index (χ1v) is 8.18. The number of aromatic nitrogens is 2. The van der Waals surface area contributed by atoms with E-state index in [0.29, 0.717) is 6.42 Å². The topological polar surface area (TPSA) is 90.0 Å². The molecule has 7 heteroatoms. The van der Waals surface area contributed by atoms with Gasteiger partial charge in [-0.2, -0.15) is 5.10 Å². The number of hydrazine groups is 1. The summed E-state index contributed by atoms with van der Waals surface area (Å²) in [5.41, 5.74) is 3.43. The van der Waals surface area contributed by atoms with Crippen molar-refractivity contribution < 1.29 is 8.42 Å². The summed E-state index contributed by atoms with van der Waals surface area (Å²) in [7, 11) is -3.22. The van der Waals surface area contributed by atoms with Crippen LogP contribution in [0.2, 0.25) is 0 Å². The molecule has 0 saturated heterocycles. The Morgan fingerprint density at radius 2 is 2.05 bits per heavy atom. The third-order valence-corrected chi connectivity index (χ3v) is 5.80. The van der Waals surface area contributed by atoms with E-state index in [1.54, 1.807) is 13.8 Å². The van der Waals surface area contributed by atoms with Gasteiger partial charge in [-0.1, -0.05) is 0 Å². The van der Waals surface area contributed by atoms with E-state index in [1.165, 1.54) is 6.26 Å². The van der Waals surface area contributed by atoms with Gasteiger partial charge in [-0.3, -0.25) is 16.0 Å². The lowest BCUT2D eigenvalue weighted by atomic mass is 9.99. The number of nitrogens with two attached hydrogens (primary N) is 1. The van der Waals surface area contributed by atoms with Gasteiger partial charge in [-0.05, 0) is 33.8 Å². The molecule has 3 N–H and O–H groups in total. The number of nitrogens with one attached hydrogen (secondary N) is 1. The van der Waals surface area contributed by atoms with E-state index in [1.807, 2.05) is 30.8 Å². The number of sulfone groups is 1. The van der Waals surface area contributed by atoms with E-state index in [0.717, 1.165) is 5.69 Å². The van der Waals surface area contributed by atoms with Crippen LogP contribution in [0, 0.1) is 0 Å². The standard InChI is InChI=1S/C12H24N4O2S/c1-9(2)16-7-6-10(15-16)8-11(14-13)12(3,4)19(5,17)18/h6-7,9,11,14H,8,13H2,1-5H3. The highest BCUT2D eigenvalue weighted by atomic mass is 32.2. The normalized spacial score (nSPS) is 14.9. The van der Waals surface area contributed by atoms with Gasteiger partial charge in [0.1, 0.15) is 0 Å². The van der Waals surface area contributed by atoms with E-state index in [-0.39, 0.29) is 6.04 Å². The van der Waals surface area contributed by atoms with Crippen LogP contribution in [0.5, 0.6) is 0 Å².